The first-order valence-electron chi connectivity index (χ1n) is 12.2. The first-order valence-corrected chi connectivity index (χ1v) is 13.7. The summed E-state index contributed by atoms with van der Waals surface area (Å²) in [6.45, 7) is 9.59. The fourth-order valence-corrected chi connectivity index (χ4v) is 6.48. The minimum Gasteiger partial charge on any atom is -0.444 e. The van der Waals surface area contributed by atoms with Gasteiger partial charge in [0, 0.05) is 44.8 Å². The Labute approximate surface area is 204 Å². The summed E-state index contributed by atoms with van der Waals surface area (Å²) in [6.07, 6.45) is 4.12. The van der Waals surface area contributed by atoms with E-state index in [9.17, 15) is 18.0 Å². The number of sulfonamides is 1. The number of hydrogen-bond acceptors (Lipinski definition) is 5. The van der Waals surface area contributed by atoms with Crippen molar-refractivity contribution in [2.75, 3.05) is 33.2 Å². The summed E-state index contributed by atoms with van der Waals surface area (Å²) < 4.78 is 33.5. The first kappa shape index (κ1) is 26.5. The van der Waals surface area contributed by atoms with E-state index in [1.54, 1.807) is 39.4 Å². The van der Waals surface area contributed by atoms with Gasteiger partial charge in [-0.1, -0.05) is 12.5 Å². The van der Waals surface area contributed by atoms with Crippen molar-refractivity contribution in [3.63, 3.8) is 0 Å². The Morgan fingerprint density at radius 2 is 1.85 bits per heavy atom. The summed E-state index contributed by atoms with van der Waals surface area (Å²) in [6, 6.07) is 6.37. The van der Waals surface area contributed by atoms with E-state index in [-0.39, 0.29) is 28.9 Å². The van der Waals surface area contributed by atoms with Gasteiger partial charge in [-0.2, -0.15) is 4.31 Å². The van der Waals surface area contributed by atoms with E-state index in [4.69, 9.17) is 4.74 Å². The molecule has 0 N–H and O–H groups in total. The zero-order valence-corrected chi connectivity index (χ0v) is 21.9. The monoisotopic (exact) mass is 493 g/mol. The maximum Gasteiger partial charge on any atom is 0.410 e. The van der Waals surface area contributed by atoms with Crippen molar-refractivity contribution in [3.05, 3.63) is 29.8 Å². The third-order valence-electron chi connectivity index (χ3n) is 6.47. The van der Waals surface area contributed by atoms with Gasteiger partial charge in [-0.25, -0.2) is 13.2 Å². The van der Waals surface area contributed by atoms with Gasteiger partial charge >= 0.3 is 6.09 Å². The van der Waals surface area contributed by atoms with Crippen molar-refractivity contribution < 1.29 is 22.7 Å². The molecule has 1 aromatic carbocycles. The fraction of sp³-hybridized carbons (Fsp3) is 0.680. The number of nitrogens with zero attached hydrogens (tertiary/aromatic N) is 3. The summed E-state index contributed by atoms with van der Waals surface area (Å²) in [4.78, 5) is 29.1. The third-order valence-corrected chi connectivity index (χ3v) is 8.48. The molecule has 2 unspecified atom stereocenters. The van der Waals surface area contributed by atoms with Crippen molar-refractivity contribution in [2.24, 2.45) is 5.92 Å². The molecule has 8 nitrogen and oxygen atoms in total. The molecule has 0 saturated carbocycles. The number of carbonyl (C=O) groups excluding carboxylic acids is 2. The van der Waals surface area contributed by atoms with Crippen LogP contribution in [0.4, 0.5) is 4.79 Å². The van der Waals surface area contributed by atoms with Crippen LogP contribution in [0.1, 0.15) is 70.2 Å². The Bertz CT molecular complexity index is 989. The number of rotatable bonds is 5. The van der Waals surface area contributed by atoms with Gasteiger partial charge < -0.3 is 14.5 Å². The Morgan fingerprint density at radius 3 is 2.53 bits per heavy atom. The van der Waals surface area contributed by atoms with Crippen molar-refractivity contribution in [1.29, 1.82) is 0 Å². The lowest BCUT2D eigenvalue weighted by Crippen LogP contribution is -2.45. The Morgan fingerprint density at radius 1 is 1.12 bits per heavy atom. The van der Waals surface area contributed by atoms with E-state index in [1.807, 2.05) is 27.7 Å². The lowest BCUT2D eigenvalue weighted by Gasteiger charge is -2.35. The van der Waals surface area contributed by atoms with E-state index < -0.39 is 15.6 Å². The molecule has 190 valence electrons. The molecule has 2 saturated heterocycles. The van der Waals surface area contributed by atoms with Gasteiger partial charge in [0.25, 0.3) is 5.91 Å². The van der Waals surface area contributed by atoms with E-state index in [2.05, 4.69) is 0 Å². The van der Waals surface area contributed by atoms with Crippen LogP contribution in [0.15, 0.2) is 29.2 Å². The molecule has 2 aliphatic heterocycles. The molecule has 0 aliphatic carbocycles. The highest BCUT2D eigenvalue weighted by molar-refractivity contribution is 7.89. The van der Waals surface area contributed by atoms with Crippen molar-refractivity contribution in [1.82, 2.24) is 14.1 Å². The molecular formula is C25H39N3O5S. The normalized spacial score (nSPS) is 22.3. The van der Waals surface area contributed by atoms with Crippen molar-refractivity contribution in [2.45, 2.75) is 76.3 Å². The topological polar surface area (TPSA) is 87.2 Å². The highest BCUT2D eigenvalue weighted by Crippen LogP contribution is 2.26. The van der Waals surface area contributed by atoms with E-state index in [0.29, 0.717) is 31.7 Å². The quantitative estimate of drug-likeness (QED) is 0.619. The molecule has 0 bridgehead atoms. The second-order valence-electron chi connectivity index (χ2n) is 10.6. The molecule has 0 spiro atoms. The molecule has 1 aromatic rings. The molecular weight excluding hydrogens is 454 g/mol. The summed E-state index contributed by atoms with van der Waals surface area (Å²) in [5.74, 6) is -0.0373. The second-order valence-corrected chi connectivity index (χ2v) is 12.5. The van der Waals surface area contributed by atoms with Crippen LogP contribution >= 0.6 is 0 Å². The number of benzene rings is 1. The van der Waals surface area contributed by atoms with Crippen LogP contribution in [0, 0.1) is 5.92 Å². The SMILES string of the molecule is CC1CCCCN1S(=O)(=O)c1cccc(C(=O)N2CCCC(CN(C)C(=O)OC(C)(C)C)C2)c1. The fourth-order valence-electron chi connectivity index (χ4n) is 4.74. The minimum atomic E-state index is -3.64. The molecule has 2 atom stereocenters. The maximum absolute atomic E-state index is 13.3. The van der Waals surface area contributed by atoms with Gasteiger partial charge in [0.05, 0.1) is 4.90 Å². The lowest BCUT2D eigenvalue weighted by atomic mass is 9.97. The molecule has 3 rings (SSSR count). The van der Waals surface area contributed by atoms with E-state index >= 15 is 0 Å². The second kappa shape index (κ2) is 10.6. The standard InChI is InChI=1S/C25H39N3O5S/c1-19-10-6-7-15-28(19)34(31,32)22-13-8-12-21(16-22)23(29)27-14-9-11-20(18-27)17-26(5)24(30)33-25(2,3)4/h8,12-13,16,19-20H,6-7,9-11,14-15,17-18H2,1-5H3. The Kier molecular flexibility index (Phi) is 8.29. The number of hydrogen-bond donors (Lipinski definition) is 0. The highest BCUT2D eigenvalue weighted by atomic mass is 32.2. The van der Waals surface area contributed by atoms with Crippen molar-refractivity contribution in [3.8, 4) is 0 Å². The molecule has 9 heteroatoms. The Balaban J connectivity index is 1.68. The third kappa shape index (κ3) is 6.50. The van der Waals surface area contributed by atoms with Crippen LogP contribution in [-0.4, -0.2) is 79.4 Å². The molecule has 34 heavy (non-hydrogen) atoms. The number of piperidine rings is 2. The zero-order valence-electron chi connectivity index (χ0n) is 21.1. The molecule has 2 heterocycles. The summed E-state index contributed by atoms with van der Waals surface area (Å²) in [5, 5.41) is 0. The van der Waals surface area contributed by atoms with Crippen LogP contribution in [0.3, 0.4) is 0 Å². The predicted molar refractivity (Wildman–Crippen MR) is 131 cm³/mol. The van der Waals surface area contributed by atoms with E-state index in [1.165, 1.54) is 6.07 Å². The predicted octanol–water partition coefficient (Wildman–Crippen LogP) is 3.97. The van der Waals surface area contributed by atoms with Gasteiger partial charge in [0.1, 0.15) is 5.60 Å². The van der Waals surface area contributed by atoms with Gasteiger partial charge in [-0.15, -0.1) is 0 Å². The summed E-state index contributed by atoms with van der Waals surface area (Å²) in [5.41, 5.74) is -0.177. The van der Waals surface area contributed by atoms with Crippen LogP contribution in [0.2, 0.25) is 0 Å². The van der Waals surface area contributed by atoms with Crippen molar-refractivity contribution >= 4 is 22.0 Å². The molecule has 2 amide bonds. The van der Waals surface area contributed by atoms with Gasteiger partial charge in [-0.3, -0.25) is 4.79 Å². The molecule has 2 aliphatic rings. The average molecular weight is 494 g/mol. The smallest absolute Gasteiger partial charge is 0.410 e. The van der Waals surface area contributed by atoms with Crippen LogP contribution < -0.4 is 0 Å². The Hall–Kier alpha value is -2.13. The number of ether oxygens (including phenoxy) is 1. The lowest BCUT2D eigenvalue weighted by molar-refractivity contribution is 0.0244. The molecule has 0 radical (unpaired) electrons. The highest BCUT2D eigenvalue weighted by Gasteiger charge is 2.32. The summed E-state index contributed by atoms with van der Waals surface area (Å²) in [7, 11) is -1.93. The van der Waals surface area contributed by atoms with Gasteiger partial charge in [0.15, 0.2) is 0 Å². The van der Waals surface area contributed by atoms with Crippen LogP contribution in [0.25, 0.3) is 0 Å². The number of amides is 2. The average Bonchev–Trinajstić information content (AvgIpc) is 2.78. The number of carbonyl (C=O) groups is 2. The largest absolute Gasteiger partial charge is 0.444 e. The van der Waals surface area contributed by atoms with Crippen LogP contribution in [0.5, 0.6) is 0 Å². The summed E-state index contributed by atoms with van der Waals surface area (Å²) >= 11 is 0. The van der Waals surface area contributed by atoms with Crippen LogP contribution in [-0.2, 0) is 14.8 Å². The van der Waals surface area contributed by atoms with E-state index in [0.717, 1.165) is 32.1 Å². The van der Waals surface area contributed by atoms with Gasteiger partial charge in [0.2, 0.25) is 10.0 Å². The molecule has 0 aromatic heterocycles. The minimum absolute atomic E-state index is 0.0390. The number of likely N-dealkylation sites (tertiary alicyclic amines) is 1. The zero-order chi connectivity index (χ0) is 25.1. The first-order chi connectivity index (χ1) is 15.9. The van der Waals surface area contributed by atoms with Gasteiger partial charge in [-0.05, 0) is 77.5 Å². The molecule has 2 fully saturated rings. The maximum atomic E-state index is 13.3.